The summed E-state index contributed by atoms with van der Waals surface area (Å²) in [7, 11) is 1.37. The minimum absolute atomic E-state index is 0.139. The van der Waals surface area contributed by atoms with Crippen molar-refractivity contribution in [2.24, 2.45) is 5.73 Å². The molecule has 0 radical (unpaired) electrons. The quantitative estimate of drug-likeness (QED) is 0.781. The molecule has 1 aromatic carbocycles. The van der Waals surface area contributed by atoms with Crippen molar-refractivity contribution in [3.05, 3.63) is 29.8 Å². The number of likely N-dealkylation sites (tertiary alicyclic amines) is 1. The molecule has 1 saturated heterocycles. The van der Waals surface area contributed by atoms with Gasteiger partial charge in [-0.15, -0.1) is 0 Å². The van der Waals surface area contributed by atoms with Crippen molar-refractivity contribution in [2.75, 3.05) is 25.5 Å². The van der Waals surface area contributed by atoms with Crippen LogP contribution in [-0.4, -0.2) is 43.0 Å². The fourth-order valence-corrected chi connectivity index (χ4v) is 2.58. The number of nitrogens with one attached hydrogen (secondary N) is 1. The van der Waals surface area contributed by atoms with Gasteiger partial charge in [-0.25, -0.2) is 0 Å². The van der Waals surface area contributed by atoms with Gasteiger partial charge in [0.1, 0.15) is 6.04 Å². The van der Waals surface area contributed by atoms with E-state index in [2.05, 4.69) is 5.32 Å². The molecule has 21 heavy (non-hydrogen) atoms. The predicted octanol–water partition coefficient (Wildman–Crippen LogP) is 0.721. The molecular weight excluding hydrogens is 270 g/mol. The Labute approximate surface area is 124 Å². The number of hydrogen-bond acceptors (Lipinski definition) is 5. The number of amides is 1. The van der Waals surface area contributed by atoms with Gasteiger partial charge in [0.05, 0.1) is 13.7 Å². The van der Waals surface area contributed by atoms with E-state index in [1.807, 2.05) is 29.2 Å². The lowest BCUT2D eigenvalue weighted by Gasteiger charge is -2.21. The summed E-state index contributed by atoms with van der Waals surface area (Å²) in [4.78, 5) is 25.6. The van der Waals surface area contributed by atoms with E-state index in [1.54, 1.807) is 0 Å². The lowest BCUT2D eigenvalue weighted by molar-refractivity contribution is -0.146. The van der Waals surface area contributed by atoms with Crippen LogP contribution in [0.5, 0.6) is 0 Å². The molecule has 6 heteroatoms. The molecule has 0 bridgehead atoms. The maximum atomic E-state index is 12.1. The number of nitrogens with two attached hydrogens (primary N) is 1. The van der Waals surface area contributed by atoms with Crippen LogP contribution in [0.3, 0.4) is 0 Å². The van der Waals surface area contributed by atoms with Crippen LogP contribution < -0.4 is 11.1 Å². The molecule has 1 aliphatic heterocycles. The predicted molar refractivity (Wildman–Crippen MR) is 79.6 cm³/mol. The molecule has 0 aliphatic carbocycles. The van der Waals surface area contributed by atoms with Gasteiger partial charge in [0, 0.05) is 12.2 Å². The Bertz CT molecular complexity index is 519. The van der Waals surface area contributed by atoms with Crippen LogP contribution >= 0.6 is 0 Å². The lowest BCUT2D eigenvalue weighted by Crippen LogP contribution is -2.41. The summed E-state index contributed by atoms with van der Waals surface area (Å²) >= 11 is 0. The van der Waals surface area contributed by atoms with E-state index >= 15 is 0 Å². The highest BCUT2D eigenvalue weighted by Crippen LogP contribution is 2.18. The van der Waals surface area contributed by atoms with Gasteiger partial charge in [0.2, 0.25) is 5.91 Å². The smallest absolute Gasteiger partial charge is 0.323 e. The summed E-state index contributed by atoms with van der Waals surface area (Å²) < 4.78 is 4.77. The first-order valence-electron chi connectivity index (χ1n) is 7.04. The first-order chi connectivity index (χ1) is 10.1. The summed E-state index contributed by atoms with van der Waals surface area (Å²) in [6, 6.07) is 7.11. The summed E-state index contributed by atoms with van der Waals surface area (Å²) in [5.41, 5.74) is 7.25. The van der Waals surface area contributed by atoms with Crippen molar-refractivity contribution in [3.8, 4) is 0 Å². The topological polar surface area (TPSA) is 84.7 Å². The number of esters is 1. The molecule has 1 aromatic rings. The summed E-state index contributed by atoms with van der Waals surface area (Å²) in [6.45, 7) is 1.35. The van der Waals surface area contributed by atoms with Crippen LogP contribution in [0.4, 0.5) is 5.69 Å². The molecule has 114 valence electrons. The average Bonchev–Trinajstić information content (AvgIpc) is 2.94. The zero-order valence-corrected chi connectivity index (χ0v) is 12.2. The molecule has 1 aliphatic rings. The number of anilines is 1. The molecule has 1 unspecified atom stereocenters. The van der Waals surface area contributed by atoms with E-state index in [-0.39, 0.29) is 24.5 Å². The number of rotatable bonds is 5. The van der Waals surface area contributed by atoms with E-state index in [1.165, 1.54) is 7.11 Å². The largest absolute Gasteiger partial charge is 0.468 e. The van der Waals surface area contributed by atoms with Gasteiger partial charge in [-0.1, -0.05) is 12.1 Å². The summed E-state index contributed by atoms with van der Waals surface area (Å²) in [6.07, 6.45) is 1.64. The Morgan fingerprint density at radius 3 is 3.00 bits per heavy atom. The van der Waals surface area contributed by atoms with Crippen LogP contribution in [0.15, 0.2) is 24.3 Å². The lowest BCUT2D eigenvalue weighted by atomic mass is 10.2. The number of carbonyl (C=O) groups is 2. The number of methoxy groups -OCH3 is 1. The number of ether oxygens (including phenoxy) is 1. The van der Waals surface area contributed by atoms with E-state index in [0.29, 0.717) is 6.54 Å². The molecule has 6 nitrogen and oxygen atoms in total. The molecule has 0 aromatic heterocycles. The molecule has 1 atom stereocenters. The van der Waals surface area contributed by atoms with Gasteiger partial charge in [-0.05, 0) is 37.1 Å². The minimum atomic E-state index is -0.309. The zero-order chi connectivity index (χ0) is 15.2. The summed E-state index contributed by atoms with van der Waals surface area (Å²) in [5.74, 6) is -0.412. The van der Waals surface area contributed by atoms with Crippen LogP contribution in [0, 0.1) is 0 Å². The highest BCUT2D eigenvalue weighted by molar-refractivity contribution is 5.92. The van der Waals surface area contributed by atoms with E-state index in [9.17, 15) is 9.59 Å². The Morgan fingerprint density at radius 2 is 2.29 bits per heavy atom. The minimum Gasteiger partial charge on any atom is -0.468 e. The van der Waals surface area contributed by atoms with Crippen molar-refractivity contribution in [2.45, 2.75) is 25.4 Å². The van der Waals surface area contributed by atoms with Gasteiger partial charge >= 0.3 is 5.97 Å². The monoisotopic (exact) mass is 291 g/mol. The van der Waals surface area contributed by atoms with E-state index < -0.39 is 0 Å². The van der Waals surface area contributed by atoms with Gasteiger partial charge < -0.3 is 15.8 Å². The molecular formula is C15H21N3O3. The van der Waals surface area contributed by atoms with Crippen LogP contribution in [0.2, 0.25) is 0 Å². The van der Waals surface area contributed by atoms with Crippen LogP contribution in [0.1, 0.15) is 18.4 Å². The molecule has 3 N–H and O–H groups in total. The fourth-order valence-electron chi connectivity index (χ4n) is 2.58. The Balaban J connectivity index is 1.93. The summed E-state index contributed by atoms with van der Waals surface area (Å²) in [5, 5.41) is 2.83. The third-order valence-corrected chi connectivity index (χ3v) is 3.63. The molecule has 1 amide bonds. The maximum absolute atomic E-state index is 12.1. The third kappa shape index (κ3) is 4.03. The molecule has 1 heterocycles. The Kier molecular flexibility index (Phi) is 5.30. The second kappa shape index (κ2) is 7.19. The maximum Gasteiger partial charge on any atom is 0.323 e. The second-order valence-corrected chi connectivity index (χ2v) is 5.10. The third-order valence-electron chi connectivity index (χ3n) is 3.63. The van der Waals surface area contributed by atoms with Gasteiger partial charge in [-0.2, -0.15) is 0 Å². The van der Waals surface area contributed by atoms with Crippen molar-refractivity contribution >= 4 is 17.6 Å². The average molecular weight is 291 g/mol. The van der Waals surface area contributed by atoms with Crippen LogP contribution in [0.25, 0.3) is 0 Å². The highest BCUT2D eigenvalue weighted by Gasteiger charge is 2.32. The highest BCUT2D eigenvalue weighted by atomic mass is 16.5. The molecule has 2 rings (SSSR count). The van der Waals surface area contributed by atoms with Crippen molar-refractivity contribution < 1.29 is 14.3 Å². The van der Waals surface area contributed by atoms with Crippen LogP contribution in [-0.2, 0) is 20.9 Å². The Hall–Kier alpha value is -1.92. The van der Waals surface area contributed by atoms with E-state index in [0.717, 1.165) is 30.6 Å². The Morgan fingerprint density at radius 1 is 1.48 bits per heavy atom. The van der Waals surface area contributed by atoms with Crippen molar-refractivity contribution in [1.29, 1.82) is 0 Å². The van der Waals surface area contributed by atoms with Gasteiger partial charge in [0.25, 0.3) is 0 Å². The number of benzene rings is 1. The fraction of sp³-hybridized carbons (Fsp3) is 0.467. The molecule has 1 fully saturated rings. The zero-order valence-electron chi connectivity index (χ0n) is 12.2. The second-order valence-electron chi connectivity index (χ2n) is 5.10. The first kappa shape index (κ1) is 15.5. The van der Waals surface area contributed by atoms with Gasteiger partial charge in [0.15, 0.2) is 0 Å². The number of hydrogen-bond donors (Lipinski definition) is 2. The molecule has 0 saturated carbocycles. The van der Waals surface area contributed by atoms with Crippen molar-refractivity contribution in [1.82, 2.24) is 4.90 Å². The molecule has 0 spiro atoms. The first-order valence-corrected chi connectivity index (χ1v) is 7.04. The normalized spacial score (nSPS) is 18.5. The number of nitrogens with zero attached hydrogens (tertiary/aromatic N) is 1. The standard InChI is InChI=1S/C15H21N3O3/c1-21-15(20)13-6-3-7-18(13)10-14(19)17-12-5-2-4-11(8-12)9-16/h2,4-5,8,13H,3,6-7,9-10,16H2,1H3,(H,17,19). The van der Waals surface area contributed by atoms with Crippen molar-refractivity contribution in [3.63, 3.8) is 0 Å². The number of carbonyl (C=O) groups excluding carboxylic acids is 2. The SMILES string of the molecule is COC(=O)C1CCCN1CC(=O)Nc1cccc(CN)c1. The van der Waals surface area contributed by atoms with E-state index in [4.69, 9.17) is 10.5 Å². The van der Waals surface area contributed by atoms with Gasteiger partial charge in [-0.3, -0.25) is 14.5 Å².